The summed E-state index contributed by atoms with van der Waals surface area (Å²) in [5.41, 5.74) is 1.50. The summed E-state index contributed by atoms with van der Waals surface area (Å²) >= 11 is 12.1. The van der Waals surface area contributed by atoms with Crippen molar-refractivity contribution >= 4 is 46.3 Å². The van der Waals surface area contributed by atoms with Crippen molar-refractivity contribution in [3.05, 3.63) is 64.1 Å². The number of aryl methyl sites for hydroxylation is 1. The number of carbonyl (C=O) groups is 1. The van der Waals surface area contributed by atoms with Gasteiger partial charge in [0.15, 0.2) is 5.82 Å². The molecule has 0 aliphatic heterocycles. The van der Waals surface area contributed by atoms with Crippen LogP contribution in [0.3, 0.4) is 0 Å². The van der Waals surface area contributed by atoms with Crippen LogP contribution >= 0.6 is 23.2 Å². The fourth-order valence-corrected chi connectivity index (χ4v) is 2.34. The van der Waals surface area contributed by atoms with Crippen molar-refractivity contribution in [2.24, 2.45) is 0 Å². The SMILES string of the molecule is Cc1cc(NC(=O)c2cc(Nc3cccc(Cl)c3Cl)ccn2)no1. The fourth-order valence-electron chi connectivity index (χ4n) is 1.99. The Balaban J connectivity index is 1.78. The highest BCUT2D eigenvalue weighted by Crippen LogP contribution is 2.31. The maximum absolute atomic E-state index is 12.2. The first-order chi connectivity index (χ1) is 11.5. The van der Waals surface area contributed by atoms with Crippen molar-refractivity contribution in [3.8, 4) is 0 Å². The number of hydrogen-bond donors (Lipinski definition) is 2. The highest BCUT2D eigenvalue weighted by molar-refractivity contribution is 6.43. The van der Waals surface area contributed by atoms with Crippen LogP contribution in [-0.2, 0) is 0 Å². The number of nitrogens with one attached hydrogen (secondary N) is 2. The number of amides is 1. The Kier molecular flexibility index (Phi) is 4.69. The first kappa shape index (κ1) is 16.3. The molecule has 1 amide bonds. The molecule has 0 aliphatic carbocycles. The Morgan fingerprint density at radius 3 is 2.79 bits per heavy atom. The molecule has 24 heavy (non-hydrogen) atoms. The van der Waals surface area contributed by atoms with Gasteiger partial charge in [0.1, 0.15) is 11.5 Å². The quantitative estimate of drug-likeness (QED) is 0.704. The zero-order valence-electron chi connectivity index (χ0n) is 12.5. The Bertz CT molecular complexity index is 895. The fraction of sp³-hybridized carbons (Fsp3) is 0.0625. The van der Waals surface area contributed by atoms with Gasteiger partial charge in [0.2, 0.25) is 0 Å². The van der Waals surface area contributed by atoms with E-state index in [1.54, 1.807) is 43.3 Å². The second-order valence-corrected chi connectivity index (χ2v) is 5.72. The van der Waals surface area contributed by atoms with Gasteiger partial charge < -0.3 is 15.2 Å². The molecule has 0 atom stereocenters. The number of hydrogen-bond acceptors (Lipinski definition) is 5. The van der Waals surface area contributed by atoms with Crippen molar-refractivity contribution in [2.75, 3.05) is 10.6 Å². The van der Waals surface area contributed by atoms with Crippen LogP contribution in [0.25, 0.3) is 0 Å². The number of benzene rings is 1. The summed E-state index contributed by atoms with van der Waals surface area (Å²) in [7, 11) is 0. The lowest BCUT2D eigenvalue weighted by molar-refractivity contribution is 0.102. The van der Waals surface area contributed by atoms with Crippen molar-refractivity contribution in [2.45, 2.75) is 6.92 Å². The van der Waals surface area contributed by atoms with Gasteiger partial charge in [-0.1, -0.05) is 34.4 Å². The van der Waals surface area contributed by atoms with Crippen molar-refractivity contribution in [1.82, 2.24) is 10.1 Å². The number of rotatable bonds is 4. The number of anilines is 3. The third kappa shape index (κ3) is 3.67. The molecule has 122 valence electrons. The molecule has 2 N–H and O–H groups in total. The van der Waals surface area contributed by atoms with Crippen molar-refractivity contribution in [3.63, 3.8) is 0 Å². The second-order valence-electron chi connectivity index (χ2n) is 4.93. The van der Waals surface area contributed by atoms with Gasteiger partial charge >= 0.3 is 0 Å². The largest absolute Gasteiger partial charge is 0.360 e. The Hall–Kier alpha value is -2.57. The van der Waals surface area contributed by atoms with E-state index in [-0.39, 0.29) is 5.69 Å². The molecule has 2 aromatic heterocycles. The average Bonchev–Trinajstić information content (AvgIpc) is 2.97. The van der Waals surface area contributed by atoms with Gasteiger partial charge in [-0.15, -0.1) is 0 Å². The minimum atomic E-state index is -0.399. The third-order valence-corrected chi connectivity index (χ3v) is 3.91. The zero-order chi connectivity index (χ0) is 17.1. The number of aromatic nitrogens is 2. The maximum Gasteiger partial charge on any atom is 0.275 e. The van der Waals surface area contributed by atoms with E-state index in [1.165, 1.54) is 6.20 Å². The maximum atomic E-state index is 12.2. The molecule has 0 spiro atoms. The number of pyridine rings is 1. The van der Waals surface area contributed by atoms with E-state index in [0.717, 1.165) is 0 Å². The summed E-state index contributed by atoms with van der Waals surface area (Å²) in [4.78, 5) is 16.3. The minimum absolute atomic E-state index is 0.221. The molecular weight excluding hydrogens is 351 g/mol. The molecule has 0 saturated heterocycles. The Labute approximate surface area is 147 Å². The molecule has 2 heterocycles. The van der Waals surface area contributed by atoms with Gasteiger partial charge in [-0.25, -0.2) is 0 Å². The van der Waals surface area contributed by atoms with Crippen LogP contribution < -0.4 is 10.6 Å². The van der Waals surface area contributed by atoms with E-state index < -0.39 is 5.91 Å². The summed E-state index contributed by atoms with van der Waals surface area (Å²) in [6, 6.07) is 10.2. The molecule has 0 fully saturated rings. The molecule has 0 unspecified atom stereocenters. The predicted octanol–water partition coefficient (Wildman–Crippen LogP) is 4.68. The number of nitrogens with zero attached hydrogens (tertiary/aromatic N) is 2. The lowest BCUT2D eigenvalue weighted by Gasteiger charge is -2.10. The normalized spacial score (nSPS) is 10.5. The van der Waals surface area contributed by atoms with E-state index in [1.807, 2.05) is 0 Å². The second kappa shape index (κ2) is 6.90. The van der Waals surface area contributed by atoms with E-state index in [9.17, 15) is 4.79 Å². The van der Waals surface area contributed by atoms with Gasteiger partial charge in [-0.3, -0.25) is 9.78 Å². The summed E-state index contributed by atoms with van der Waals surface area (Å²) in [5, 5.41) is 10.3. The van der Waals surface area contributed by atoms with Crippen molar-refractivity contribution in [1.29, 1.82) is 0 Å². The average molecular weight is 363 g/mol. The lowest BCUT2D eigenvalue weighted by atomic mass is 10.2. The summed E-state index contributed by atoms with van der Waals surface area (Å²) in [5.74, 6) is 0.531. The molecule has 0 aliphatic rings. The topological polar surface area (TPSA) is 80.0 Å². The first-order valence-corrected chi connectivity index (χ1v) is 7.70. The van der Waals surface area contributed by atoms with Crippen LogP contribution in [0.1, 0.15) is 16.2 Å². The molecular formula is C16H12Cl2N4O2. The number of halogens is 2. The van der Waals surface area contributed by atoms with Crippen LogP contribution in [0.2, 0.25) is 10.0 Å². The smallest absolute Gasteiger partial charge is 0.275 e. The molecule has 1 aromatic carbocycles. The molecule has 0 radical (unpaired) electrons. The van der Waals surface area contributed by atoms with Crippen LogP contribution in [0.4, 0.5) is 17.2 Å². The molecule has 3 rings (SSSR count). The predicted molar refractivity (Wildman–Crippen MR) is 93.2 cm³/mol. The standard InChI is InChI=1S/C16H12Cl2N4O2/c1-9-7-14(22-24-9)21-16(23)13-8-10(5-6-19-13)20-12-4-2-3-11(17)15(12)18/h2-8H,1H3,(H,19,20)(H,21,22,23). The first-order valence-electron chi connectivity index (χ1n) is 6.94. The van der Waals surface area contributed by atoms with Crippen LogP contribution in [-0.4, -0.2) is 16.0 Å². The molecule has 0 bridgehead atoms. The Morgan fingerprint density at radius 2 is 2.04 bits per heavy atom. The summed E-state index contributed by atoms with van der Waals surface area (Å²) < 4.78 is 4.90. The highest BCUT2D eigenvalue weighted by Gasteiger charge is 2.12. The van der Waals surface area contributed by atoms with Crippen molar-refractivity contribution < 1.29 is 9.32 Å². The van der Waals surface area contributed by atoms with E-state index in [0.29, 0.717) is 33.0 Å². The summed E-state index contributed by atoms with van der Waals surface area (Å²) in [6.07, 6.45) is 1.52. The van der Waals surface area contributed by atoms with Crippen LogP contribution in [0.15, 0.2) is 47.1 Å². The molecule has 3 aromatic rings. The molecule has 8 heteroatoms. The monoisotopic (exact) mass is 362 g/mol. The van der Waals surface area contributed by atoms with Crippen LogP contribution in [0, 0.1) is 6.92 Å². The minimum Gasteiger partial charge on any atom is -0.360 e. The van der Waals surface area contributed by atoms with Gasteiger partial charge in [0.25, 0.3) is 5.91 Å². The van der Waals surface area contributed by atoms with Gasteiger partial charge in [-0.05, 0) is 31.2 Å². The van der Waals surface area contributed by atoms with Gasteiger partial charge in [0.05, 0.1) is 15.7 Å². The zero-order valence-corrected chi connectivity index (χ0v) is 14.0. The number of carbonyl (C=O) groups excluding carboxylic acids is 1. The molecule has 6 nitrogen and oxygen atoms in total. The van der Waals surface area contributed by atoms with E-state index >= 15 is 0 Å². The third-order valence-electron chi connectivity index (χ3n) is 3.09. The lowest BCUT2D eigenvalue weighted by Crippen LogP contribution is -2.14. The van der Waals surface area contributed by atoms with Crippen LogP contribution in [0.5, 0.6) is 0 Å². The van der Waals surface area contributed by atoms with Gasteiger partial charge in [-0.2, -0.15) is 0 Å². The summed E-state index contributed by atoms with van der Waals surface area (Å²) in [6.45, 7) is 1.74. The van der Waals surface area contributed by atoms with E-state index in [2.05, 4.69) is 20.8 Å². The van der Waals surface area contributed by atoms with Gasteiger partial charge in [0, 0.05) is 18.0 Å². The van der Waals surface area contributed by atoms with E-state index in [4.69, 9.17) is 27.7 Å². The Morgan fingerprint density at radius 1 is 1.21 bits per heavy atom. The highest BCUT2D eigenvalue weighted by atomic mass is 35.5. The molecule has 0 saturated carbocycles.